The van der Waals surface area contributed by atoms with Crippen LogP contribution in [0.2, 0.25) is 0 Å². The van der Waals surface area contributed by atoms with E-state index in [0.29, 0.717) is 24.3 Å². The average Bonchev–Trinajstić information content (AvgIpc) is 3.16. The quantitative estimate of drug-likeness (QED) is 0.849. The molecule has 142 valence electrons. The van der Waals surface area contributed by atoms with Gasteiger partial charge in [-0.3, -0.25) is 14.8 Å². The molecule has 0 bridgehead atoms. The number of nitrogens with zero attached hydrogens (tertiary/aromatic N) is 5. The predicted octanol–water partition coefficient (Wildman–Crippen LogP) is 2.18. The number of aromatic amines is 1. The van der Waals surface area contributed by atoms with Gasteiger partial charge in [0.05, 0.1) is 18.3 Å². The maximum absolute atomic E-state index is 12.9. The van der Waals surface area contributed by atoms with Crippen LogP contribution < -0.4 is 0 Å². The summed E-state index contributed by atoms with van der Waals surface area (Å²) >= 11 is 0. The lowest BCUT2D eigenvalue weighted by molar-refractivity contribution is 0.0756. The van der Waals surface area contributed by atoms with E-state index in [1.54, 1.807) is 13.1 Å². The molecule has 1 aliphatic rings. The zero-order valence-electron chi connectivity index (χ0n) is 15.9. The first-order valence-electron chi connectivity index (χ1n) is 9.39. The minimum Gasteiger partial charge on any atom is -0.340 e. The van der Waals surface area contributed by atoms with Crippen molar-refractivity contribution in [2.45, 2.75) is 58.5 Å². The number of carbonyl (C=O) groups excluding carboxylic acids is 1. The third kappa shape index (κ3) is 4.30. The molecule has 1 atom stereocenters. The van der Waals surface area contributed by atoms with Gasteiger partial charge in [-0.1, -0.05) is 18.5 Å². The van der Waals surface area contributed by atoms with Crippen LogP contribution in [0.1, 0.15) is 60.4 Å². The fourth-order valence-electron chi connectivity index (χ4n) is 3.59. The van der Waals surface area contributed by atoms with Crippen molar-refractivity contribution in [1.29, 1.82) is 0 Å². The highest BCUT2D eigenvalue weighted by Crippen LogP contribution is 2.20. The van der Waals surface area contributed by atoms with Gasteiger partial charge in [0.25, 0.3) is 5.91 Å². The Morgan fingerprint density at radius 1 is 1.42 bits per heavy atom. The van der Waals surface area contributed by atoms with E-state index in [9.17, 15) is 4.79 Å². The van der Waals surface area contributed by atoms with Gasteiger partial charge < -0.3 is 9.42 Å². The summed E-state index contributed by atoms with van der Waals surface area (Å²) < 4.78 is 5.05. The van der Waals surface area contributed by atoms with Crippen LogP contribution in [0, 0.1) is 6.92 Å². The van der Waals surface area contributed by atoms with Crippen LogP contribution in [0.4, 0.5) is 0 Å². The largest absolute Gasteiger partial charge is 0.340 e. The summed E-state index contributed by atoms with van der Waals surface area (Å²) in [6, 6.07) is 0.408. The van der Waals surface area contributed by atoms with Gasteiger partial charge >= 0.3 is 0 Å². The Balaban J connectivity index is 1.59. The van der Waals surface area contributed by atoms with Crippen molar-refractivity contribution < 1.29 is 9.32 Å². The Morgan fingerprint density at radius 3 is 3.00 bits per heavy atom. The lowest BCUT2D eigenvalue weighted by atomic mass is 10.1. The Labute approximate surface area is 153 Å². The van der Waals surface area contributed by atoms with Crippen molar-refractivity contribution >= 4 is 5.91 Å². The summed E-state index contributed by atoms with van der Waals surface area (Å²) in [5.74, 6) is 1.40. The topological polar surface area (TPSA) is 91.2 Å². The van der Waals surface area contributed by atoms with Gasteiger partial charge in [0.2, 0.25) is 5.89 Å². The Bertz CT molecular complexity index is 725. The van der Waals surface area contributed by atoms with Gasteiger partial charge in [-0.2, -0.15) is 10.1 Å². The highest BCUT2D eigenvalue weighted by Gasteiger charge is 2.26. The molecule has 8 heteroatoms. The lowest BCUT2D eigenvalue weighted by Crippen LogP contribution is -2.35. The molecule has 8 nitrogen and oxygen atoms in total. The zero-order valence-corrected chi connectivity index (χ0v) is 15.9. The summed E-state index contributed by atoms with van der Waals surface area (Å²) in [7, 11) is 2.09. The van der Waals surface area contributed by atoms with E-state index in [4.69, 9.17) is 4.52 Å². The maximum atomic E-state index is 12.9. The monoisotopic (exact) mass is 360 g/mol. The molecule has 26 heavy (non-hydrogen) atoms. The molecule has 2 aromatic rings. The molecule has 3 heterocycles. The summed E-state index contributed by atoms with van der Waals surface area (Å²) in [4.78, 5) is 21.4. The molecule has 1 aliphatic heterocycles. The number of aryl methyl sites for hydroxylation is 2. The van der Waals surface area contributed by atoms with E-state index in [1.165, 1.54) is 0 Å². The second kappa shape index (κ2) is 8.44. The van der Waals surface area contributed by atoms with E-state index in [2.05, 4.69) is 39.2 Å². The Kier molecular flexibility index (Phi) is 6.03. The maximum Gasteiger partial charge on any atom is 0.257 e. The normalized spacial score (nSPS) is 18.3. The van der Waals surface area contributed by atoms with E-state index >= 15 is 0 Å². The molecule has 1 fully saturated rings. The highest BCUT2D eigenvalue weighted by atomic mass is 16.5. The molecule has 0 saturated carbocycles. The lowest BCUT2D eigenvalue weighted by Gasteiger charge is -2.26. The van der Waals surface area contributed by atoms with Crippen molar-refractivity contribution in [3.05, 3.63) is 29.2 Å². The first kappa shape index (κ1) is 18.6. The minimum atomic E-state index is 0.0966. The fourth-order valence-corrected chi connectivity index (χ4v) is 3.59. The van der Waals surface area contributed by atoms with E-state index in [0.717, 1.165) is 56.5 Å². The summed E-state index contributed by atoms with van der Waals surface area (Å²) in [5, 5.41) is 11.0. The van der Waals surface area contributed by atoms with Gasteiger partial charge in [0.1, 0.15) is 0 Å². The van der Waals surface area contributed by atoms with Crippen molar-refractivity contribution in [3.8, 4) is 0 Å². The smallest absolute Gasteiger partial charge is 0.257 e. The SMILES string of the molecule is CCCc1[nH]ncc1C(=O)N1CCCC(N(C)Cc2noc(C)n2)CC1. The van der Waals surface area contributed by atoms with E-state index < -0.39 is 0 Å². The van der Waals surface area contributed by atoms with Gasteiger partial charge in [0.15, 0.2) is 5.82 Å². The van der Waals surface area contributed by atoms with Crippen molar-refractivity contribution in [2.75, 3.05) is 20.1 Å². The fraction of sp³-hybridized carbons (Fsp3) is 0.667. The second-order valence-electron chi connectivity index (χ2n) is 7.03. The van der Waals surface area contributed by atoms with Crippen molar-refractivity contribution in [2.24, 2.45) is 0 Å². The number of amides is 1. The third-order valence-electron chi connectivity index (χ3n) is 5.02. The summed E-state index contributed by atoms with van der Waals surface area (Å²) in [5.41, 5.74) is 1.67. The number of nitrogens with one attached hydrogen (secondary N) is 1. The van der Waals surface area contributed by atoms with Gasteiger partial charge in [0, 0.05) is 31.7 Å². The number of carbonyl (C=O) groups is 1. The molecule has 0 aliphatic carbocycles. The van der Waals surface area contributed by atoms with Crippen LogP contribution >= 0.6 is 0 Å². The first-order valence-corrected chi connectivity index (χ1v) is 9.39. The molecule has 1 saturated heterocycles. The summed E-state index contributed by atoms with van der Waals surface area (Å²) in [6.45, 7) is 6.12. The molecular weight excluding hydrogens is 332 g/mol. The third-order valence-corrected chi connectivity index (χ3v) is 5.02. The molecular formula is C18H28N6O2. The van der Waals surface area contributed by atoms with Crippen molar-refractivity contribution in [3.63, 3.8) is 0 Å². The van der Waals surface area contributed by atoms with Gasteiger partial charge in [-0.25, -0.2) is 0 Å². The first-order chi connectivity index (χ1) is 12.6. The predicted molar refractivity (Wildman–Crippen MR) is 96.6 cm³/mol. The molecule has 1 N–H and O–H groups in total. The number of rotatable bonds is 6. The zero-order chi connectivity index (χ0) is 18.5. The number of likely N-dealkylation sites (tertiary alicyclic amines) is 1. The molecule has 0 radical (unpaired) electrons. The molecule has 3 rings (SSSR count). The second-order valence-corrected chi connectivity index (χ2v) is 7.03. The van der Waals surface area contributed by atoms with Crippen LogP contribution in [0.3, 0.4) is 0 Å². The average molecular weight is 360 g/mol. The standard InChI is InChI=1S/C18H28N6O2/c1-4-6-16-15(11-19-21-16)18(25)24-9-5-7-14(8-10-24)23(3)12-17-20-13(2)26-22-17/h11,14H,4-10,12H2,1-3H3,(H,19,21). The minimum absolute atomic E-state index is 0.0966. The van der Waals surface area contributed by atoms with Gasteiger partial charge in [-0.05, 0) is 32.7 Å². The summed E-state index contributed by atoms with van der Waals surface area (Å²) in [6.07, 6.45) is 6.51. The molecule has 1 amide bonds. The van der Waals surface area contributed by atoms with E-state index in [1.807, 2.05) is 4.90 Å². The van der Waals surface area contributed by atoms with Crippen molar-refractivity contribution in [1.82, 2.24) is 30.1 Å². The van der Waals surface area contributed by atoms with E-state index in [-0.39, 0.29) is 5.91 Å². The molecule has 0 aromatic carbocycles. The van der Waals surface area contributed by atoms with Crippen LogP contribution in [0.25, 0.3) is 0 Å². The number of hydrogen-bond donors (Lipinski definition) is 1. The number of hydrogen-bond acceptors (Lipinski definition) is 6. The van der Waals surface area contributed by atoms with Crippen LogP contribution in [-0.2, 0) is 13.0 Å². The molecule has 0 spiro atoms. The van der Waals surface area contributed by atoms with Gasteiger partial charge in [-0.15, -0.1) is 0 Å². The van der Waals surface area contributed by atoms with Crippen LogP contribution in [0.15, 0.2) is 10.7 Å². The number of aromatic nitrogens is 4. The Morgan fingerprint density at radius 2 is 2.27 bits per heavy atom. The Hall–Kier alpha value is -2.22. The van der Waals surface area contributed by atoms with Crippen LogP contribution in [-0.4, -0.2) is 62.2 Å². The highest BCUT2D eigenvalue weighted by molar-refractivity contribution is 5.95. The molecule has 1 unspecified atom stereocenters. The molecule has 2 aromatic heterocycles. The van der Waals surface area contributed by atoms with Crippen LogP contribution in [0.5, 0.6) is 0 Å². The number of H-pyrrole nitrogens is 1.